The fraction of sp³-hybridized carbons (Fsp3) is 0.333. The van der Waals surface area contributed by atoms with Crippen LogP contribution in [0.2, 0.25) is 0 Å². The molecule has 1 aliphatic heterocycles. The normalized spacial score (nSPS) is 17.9. The van der Waals surface area contributed by atoms with Gasteiger partial charge in [-0.25, -0.2) is 27.2 Å². The van der Waals surface area contributed by atoms with Gasteiger partial charge in [-0.05, 0) is 75.7 Å². The summed E-state index contributed by atoms with van der Waals surface area (Å²) in [7, 11) is -0.696. The van der Waals surface area contributed by atoms with Crippen molar-refractivity contribution in [1.82, 2.24) is 10.2 Å². The summed E-state index contributed by atoms with van der Waals surface area (Å²) >= 11 is 0. The lowest BCUT2D eigenvalue weighted by molar-refractivity contribution is -0.164. The van der Waals surface area contributed by atoms with E-state index >= 15 is 4.39 Å². The molecular weight excluding hydrogens is 631 g/mol. The molecule has 0 aliphatic carbocycles. The number of benzene rings is 3. The number of likely N-dealkylation sites (tertiary alicyclic amines) is 1. The Morgan fingerprint density at radius 1 is 1.00 bits per heavy atom. The number of sulfone groups is 1. The Hall–Kier alpha value is -4.98. The number of aromatic carboxylic acids is 1. The molecule has 4 rings (SSSR count). The first kappa shape index (κ1) is 34.9. The third-order valence-electron chi connectivity index (χ3n) is 7.48. The smallest absolute Gasteiger partial charge is 0.335 e. The van der Waals surface area contributed by atoms with Gasteiger partial charge in [0.05, 0.1) is 28.3 Å². The van der Waals surface area contributed by atoms with Gasteiger partial charge in [-0.2, -0.15) is 0 Å². The maximum atomic E-state index is 15.5. The van der Waals surface area contributed by atoms with E-state index in [2.05, 4.69) is 10.6 Å². The van der Waals surface area contributed by atoms with Crippen LogP contribution in [0.15, 0.2) is 77.7 Å². The molecule has 3 amide bonds. The summed E-state index contributed by atoms with van der Waals surface area (Å²) in [5.74, 6) is -3.75. The third kappa shape index (κ3) is 8.06. The van der Waals surface area contributed by atoms with Crippen LogP contribution in [-0.4, -0.2) is 79.8 Å². The lowest BCUT2D eigenvalue weighted by atomic mass is 10.0. The highest BCUT2D eigenvalue weighted by molar-refractivity contribution is 7.92. The fourth-order valence-corrected chi connectivity index (χ4v) is 7.28. The Kier molecular flexibility index (Phi) is 10.2. The van der Waals surface area contributed by atoms with Crippen molar-refractivity contribution in [1.29, 1.82) is 0 Å². The van der Waals surface area contributed by atoms with Gasteiger partial charge in [-0.15, -0.1) is 0 Å². The average Bonchev–Trinajstić information content (AvgIpc) is 3.41. The van der Waals surface area contributed by atoms with E-state index in [1.165, 1.54) is 54.6 Å². The molecule has 1 heterocycles. The van der Waals surface area contributed by atoms with Gasteiger partial charge in [0, 0.05) is 31.0 Å². The van der Waals surface area contributed by atoms with Crippen LogP contribution < -0.4 is 15.5 Å². The van der Waals surface area contributed by atoms with E-state index < -0.39 is 75.4 Å². The highest BCUT2D eigenvalue weighted by Gasteiger charge is 2.54. The van der Waals surface area contributed by atoms with Gasteiger partial charge in [0.1, 0.15) is 17.5 Å². The molecule has 3 unspecified atom stereocenters. The largest absolute Gasteiger partial charge is 0.478 e. The Morgan fingerprint density at radius 3 is 2.26 bits per heavy atom. The number of amides is 3. The van der Waals surface area contributed by atoms with E-state index in [0.29, 0.717) is 0 Å². The number of carbonyl (C=O) groups is 4. The van der Waals surface area contributed by atoms with E-state index in [9.17, 15) is 32.7 Å². The predicted molar refractivity (Wildman–Crippen MR) is 172 cm³/mol. The number of nitrogens with one attached hydrogen (secondary N) is 2. The van der Waals surface area contributed by atoms with E-state index in [0.717, 1.165) is 16.7 Å². The number of nitrogens with zero attached hydrogens (tertiary/aromatic N) is 2. The van der Waals surface area contributed by atoms with Gasteiger partial charge < -0.3 is 30.3 Å². The predicted octanol–water partition coefficient (Wildman–Crippen LogP) is 4.24. The van der Waals surface area contributed by atoms with Crippen LogP contribution >= 0.6 is 0 Å². The number of ether oxygens (including phenoxy) is 1. The molecule has 0 aromatic heterocycles. The summed E-state index contributed by atoms with van der Waals surface area (Å²) in [5, 5.41) is 12.6. The average molecular weight is 669 g/mol. The quantitative estimate of drug-likeness (QED) is 0.283. The SMILES string of the molecule is CN(C)c1ccc(S(=O)(=O)C2CC(C(=O)OC(C)(C)C)N(C(=O)CNC(=O)Nc3cccc(C(=O)O)c3)C2c2ccccc2F)cc1. The number of hydrogen-bond acceptors (Lipinski definition) is 8. The van der Waals surface area contributed by atoms with Gasteiger partial charge >= 0.3 is 18.0 Å². The summed E-state index contributed by atoms with van der Waals surface area (Å²) in [5.41, 5.74) is -0.324. The third-order valence-corrected chi connectivity index (χ3v) is 9.66. The molecule has 1 fully saturated rings. The molecule has 0 radical (unpaired) electrons. The molecule has 0 saturated carbocycles. The summed E-state index contributed by atoms with van der Waals surface area (Å²) < 4.78 is 49.5. The Labute approximate surface area is 272 Å². The summed E-state index contributed by atoms with van der Waals surface area (Å²) in [6.07, 6.45) is -0.397. The highest BCUT2D eigenvalue weighted by atomic mass is 32.2. The zero-order valence-corrected chi connectivity index (χ0v) is 27.4. The van der Waals surface area contributed by atoms with Crippen molar-refractivity contribution < 1.29 is 41.8 Å². The molecule has 1 aliphatic rings. The van der Waals surface area contributed by atoms with Gasteiger partial charge in [-0.3, -0.25) is 4.79 Å². The number of carboxylic acid groups (broad SMARTS) is 1. The minimum Gasteiger partial charge on any atom is -0.478 e. The van der Waals surface area contributed by atoms with Crippen molar-refractivity contribution in [2.24, 2.45) is 0 Å². The molecule has 1 saturated heterocycles. The second kappa shape index (κ2) is 13.8. The number of carbonyl (C=O) groups excluding carboxylic acids is 3. The van der Waals surface area contributed by atoms with Crippen LogP contribution in [0.1, 0.15) is 49.2 Å². The maximum absolute atomic E-state index is 15.5. The summed E-state index contributed by atoms with van der Waals surface area (Å²) in [4.78, 5) is 54.2. The van der Waals surface area contributed by atoms with Gasteiger partial charge in [0.2, 0.25) is 5.91 Å². The fourth-order valence-electron chi connectivity index (χ4n) is 5.37. The molecule has 3 aromatic rings. The van der Waals surface area contributed by atoms with Crippen molar-refractivity contribution in [3.8, 4) is 0 Å². The second-order valence-electron chi connectivity index (χ2n) is 12.2. The number of halogens is 1. The molecule has 3 aromatic carbocycles. The topological polar surface area (TPSA) is 162 Å². The number of hydrogen-bond donors (Lipinski definition) is 3. The van der Waals surface area contributed by atoms with Gasteiger partial charge in [0.25, 0.3) is 0 Å². The number of rotatable bonds is 9. The van der Waals surface area contributed by atoms with Crippen molar-refractivity contribution in [3.05, 3.63) is 89.7 Å². The molecule has 14 heteroatoms. The van der Waals surface area contributed by atoms with E-state index in [1.54, 1.807) is 51.9 Å². The first-order valence-corrected chi connectivity index (χ1v) is 16.2. The lowest BCUT2D eigenvalue weighted by Crippen LogP contribution is -2.49. The number of carboxylic acids is 1. The number of urea groups is 1. The first-order valence-electron chi connectivity index (χ1n) is 14.7. The van der Waals surface area contributed by atoms with E-state index in [4.69, 9.17) is 4.74 Å². The Morgan fingerprint density at radius 2 is 1.66 bits per heavy atom. The highest BCUT2D eigenvalue weighted by Crippen LogP contribution is 2.44. The van der Waals surface area contributed by atoms with E-state index in [-0.39, 0.29) is 21.7 Å². The molecule has 250 valence electrons. The standard InChI is InChI=1S/C33H37FN4O8S/c1-33(2,3)46-31(42)26-18-27(47(44,45)23-15-13-22(14-16-23)37(4)5)29(24-11-6-7-12-25(24)34)38(26)28(39)19-35-32(43)36-21-10-8-9-20(17-21)30(40)41/h6-17,26-27,29H,18-19H2,1-5H3,(H,40,41)(H2,35,36,43). The van der Waals surface area contributed by atoms with Crippen molar-refractivity contribution >= 4 is 45.1 Å². The van der Waals surface area contributed by atoms with Crippen LogP contribution in [0.4, 0.5) is 20.6 Å². The second-order valence-corrected chi connectivity index (χ2v) is 14.4. The van der Waals surface area contributed by atoms with Crippen LogP contribution in [-0.2, 0) is 24.2 Å². The van der Waals surface area contributed by atoms with E-state index in [1.807, 2.05) is 0 Å². The summed E-state index contributed by atoms with van der Waals surface area (Å²) in [6.45, 7) is 4.14. The Balaban J connectivity index is 1.72. The van der Waals surface area contributed by atoms with Crippen molar-refractivity contribution in [2.45, 2.75) is 55.0 Å². The molecular formula is C33H37FN4O8S. The molecule has 3 atom stereocenters. The van der Waals surface area contributed by atoms with Crippen LogP contribution in [0.5, 0.6) is 0 Å². The minimum atomic E-state index is -4.29. The first-order chi connectivity index (χ1) is 22.0. The lowest BCUT2D eigenvalue weighted by Gasteiger charge is -2.32. The van der Waals surface area contributed by atoms with Gasteiger partial charge in [0.15, 0.2) is 9.84 Å². The van der Waals surface area contributed by atoms with Gasteiger partial charge in [-0.1, -0.05) is 24.3 Å². The minimum absolute atomic E-state index is 0.0761. The van der Waals surface area contributed by atoms with Crippen LogP contribution in [0, 0.1) is 5.82 Å². The monoisotopic (exact) mass is 668 g/mol. The zero-order chi connectivity index (χ0) is 34.7. The zero-order valence-electron chi connectivity index (χ0n) is 26.6. The van der Waals surface area contributed by atoms with Crippen molar-refractivity contribution in [2.75, 3.05) is 30.9 Å². The number of anilines is 2. The van der Waals surface area contributed by atoms with Crippen molar-refractivity contribution in [3.63, 3.8) is 0 Å². The van der Waals surface area contributed by atoms with Crippen LogP contribution in [0.25, 0.3) is 0 Å². The number of esters is 1. The molecule has 0 spiro atoms. The molecule has 0 bridgehead atoms. The summed E-state index contributed by atoms with van der Waals surface area (Å²) in [6, 6.07) is 13.1. The van der Waals surface area contributed by atoms with Crippen LogP contribution in [0.3, 0.4) is 0 Å². The molecule has 3 N–H and O–H groups in total. The molecule has 12 nitrogen and oxygen atoms in total. The molecule has 47 heavy (non-hydrogen) atoms. The maximum Gasteiger partial charge on any atom is 0.335 e. The Bertz CT molecular complexity index is 1770.